The number of likely N-dealkylation sites (N-methyl/N-ethyl adjacent to an activating group) is 1. The fraction of sp³-hybridized carbons (Fsp3) is 0.619. The van der Waals surface area contributed by atoms with Crippen molar-refractivity contribution >= 4 is 17.6 Å². The number of piperidine rings is 1. The second kappa shape index (κ2) is 8.74. The molecule has 2 heterocycles. The van der Waals surface area contributed by atoms with Crippen molar-refractivity contribution in [2.75, 3.05) is 38.6 Å². The number of benzene rings is 1. The fourth-order valence-corrected chi connectivity index (χ4v) is 3.72. The summed E-state index contributed by atoms with van der Waals surface area (Å²) in [6, 6.07) is 5.35. The van der Waals surface area contributed by atoms with Crippen molar-refractivity contribution in [2.45, 2.75) is 45.6 Å². The van der Waals surface area contributed by atoms with Crippen LogP contribution in [0.4, 0.5) is 10.5 Å². The van der Waals surface area contributed by atoms with Gasteiger partial charge in [0.2, 0.25) is 0 Å². The predicted octanol–water partition coefficient (Wildman–Crippen LogP) is 3.51. The number of amides is 3. The van der Waals surface area contributed by atoms with Gasteiger partial charge in [-0.3, -0.25) is 4.79 Å². The molecule has 1 aromatic rings. The van der Waals surface area contributed by atoms with Crippen molar-refractivity contribution in [3.63, 3.8) is 0 Å². The normalized spacial score (nSPS) is 20.6. The topological polar surface area (TPSA) is 61.9 Å². The van der Waals surface area contributed by atoms with Crippen LogP contribution in [0.1, 0.15) is 48.5 Å². The van der Waals surface area contributed by atoms with Crippen LogP contribution in [0.25, 0.3) is 0 Å². The summed E-state index contributed by atoms with van der Waals surface area (Å²) in [6.45, 7) is 7.18. The molecule has 0 saturated carbocycles. The second-order valence-electron chi connectivity index (χ2n) is 7.95. The van der Waals surface area contributed by atoms with Crippen molar-refractivity contribution < 1.29 is 14.3 Å². The monoisotopic (exact) mass is 373 g/mol. The largest absolute Gasteiger partial charge is 0.376 e. The molecule has 0 spiro atoms. The minimum atomic E-state index is -0.155. The highest BCUT2D eigenvalue weighted by Gasteiger charge is 2.23. The molecular weight excluding hydrogens is 342 g/mol. The van der Waals surface area contributed by atoms with E-state index >= 15 is 0 Å². The SMILES string of the molecule is Cc1cc(C(=O)N2CCC(C)CC2)ccc1NC(=O)N(C)C[C@@H]1CCCO1. The summed E-state index contributed by atoms with van der Waals surface area (Å²) < 4.78 is 5.59. The third kappa shape index (κ3) is 5.01. The van der Waals surface area contributed by atoms with Crippen LogP contribution in [0.15, 0.2) is 18.2 Å². The summed E-state index contributed by atoms with van der Waals surface area (Å²) in [5, 5.41) is 2.94. The third-order valence-electron chi connectivity index (χ3n) is 5.63. The lowest BCUT2D eigenvalue weighted by Crippen LogP contribution is -2.38. The van der Waals surface area contributed by atoms with Gasteiger partial charge in [0.15, 0.2) is 0 Å². The van der Waals surface area contributed by atoms with E-state index in [0.29, 0.717) is 18.0 Å². The first kappa shape index (κ1) is 19.7. The van der Waals surface area contributed by atoms with Crippen LogP contribution in [0.5, 0.6) is 0 Å². The van der Waals surface area contributed by atoms with Crippen LogP contribution in [-0.2, 0) is 4.74 Å². The molecule has 27 heavy (non-hydrogen) atoms. The Balaban J connectivity index is 1.58. The number of hydrogen-bond acceptors (Lipinski definition) is 3. The van der Waals surface area contributed by atoms with Crippen LogP contribution in [0.3, 0.4) is 0 Å². The van der Waals surface area contributed by atoms with E-state index in [0.717, 1.165) is 56.6 Å². The van der Waals surface area contributed by atoms with Gasteiger partial charge >= 0.3 is 6.03 Å². The molecule has 3 rings (SSSR count). The van der Waals surface area contributed by atoms with Gasteiger partial charge < -0.3 is 19.9 Å². The molecule has 6 nitrogen and oxygen atoms in total. The maximum atomic E-state index is 12.7. The first-order valence-electron chi connectivity index (χ1n) is 9.97. The first-order chi connectivity index (χ1) is 12.9. The Labute approximate surface area is 161 Å². The molecule has 1 atom stereocenters. The van der Waals surface area contributed by atoms with E-state index in [1.807, 2.05) is 30.0 Å². The number of anilines is 1. The maximum Gasteiger partial charge on any atom is 0.321 e. The smallest absolute Gasteiger partial charge is 0.321 e. The minimum Gasteiger partial charge on any atom is -0.376 e. The summed E-state index contributed by atoms with van der Waals surface area (Å²) in [5.41, 5.74) is 2.32. The van der Waals surface area contributed by atoms with E-state index in [1.54, 1.807) is 11.9 Å². The highest BCUT2D eigenvalue weighted by atomic mass is 16.5. The Morgan fingerprint density at radius 2 is 2.00 bits per heavy atom. The molecule has 0 unspecified atom stereocenters. The number of carbonyl (C=O) groups is 2. The van der Waals surface area contributed by atoms with Gasteiger partial charge in [0.25, 0.3) is 5.91 Å². The Bertz CT molecular complexity index is 677. The summed E-state index contributed by atoms with van der Waals surface area (Å²) >= 11 is 0. The first-order valence-corrected chi connectivity index (χ1v) is 9.97. The Morgan fingerprint density at radius 3 is 2.63 bits per heavy atom. The Morgan fingerprint density at radius 1 is 1.26 bits per heavy atom. The summed E-state index contributed by atoms with van der Waals surface area (Å²) in [6.07, 6.45) is 4.33. The fourth-order valence-electron chi connectivity index (χ4n) is 3.72. The average molecular weight is 373 g/mol. The average Bonchev–Trinajstić information content (AvgIpc) is 3.16. The van der Waals surface area contributed by atoms with Crippen molar-refractivity contribution in [2.24, 2.45) is 5.92 Å². The molecule has 0 bridgehead atoms. The molecule has 2 fully saturated rings. The summed E-state index contributed by atoms with van der Waals surface area (Å²) in [7, 11) is 1.78. The number of urea groups is 1. The number of aryl methyl sites for hydroxylation is 1. The zero-order valence-corrected chi connectivity index (χ0v) is 16.7. The van der Waals surface area contributed by atoms with Crippen LogP contribution in [-0.4, -0.2) is 61.1 Å². The van der Waals surface area contributed by atoms with Gasteiger partial charge in [0, 0.05) is 44.5 Å². The van der Waals surface area contributed by atoms with Gasteiger partial charge in [-0.15, -0.1) is 0 Å². The number of rotatable bonds is 4. The van der Waals surface area contributed by atoms with E-state index in [9.17, 15) is 9.59 Å². The van der Waals surface area contributed by atoms with Crippen LogP contribution in [0.2, 0.25) is 0 Å². The molecule has 3 amide bonds. The van der Waals surface area contributed by atoms with Gasteiger partial charge in [0.05, 0.1) is 6.10 Å². The lowest BCUT2D eigenvalue weighted by Gasteiger charge is -2.30. The predicted molar refractivity (Wildman–Crippen MR) is 106 cm³/mol. The van der Waals surface area contributed by atoms with Crippen LogP contribution >= 0.6 is 0 Å². The zero-order valence-electron chi connectivity index (χ0n) is 16.7. The van der Waals surface area contributed by atoms with E-state index in [4.69, 9.17) is 4.74 Å². The number of likely N-dealkylation sites (tertiary alicyclic amines) is 1. The number of carbonyl (C=O) groups excluding carboxylic acids is 2. The number of nitrogens with zero attached hydrogens (tertiary/aromatic N) is 2. The lowest BCUT2D eigenvalue weighted by molar-refractivity contribution is 0.0697. The van der Waals surface area contributed by atoms with Crippen LogP contribution < -0.4 is 5.32 Å². The van der Waals surface area contributed by atoms with E-state index in [2.05, 4.69) is 12.2 Å². The molecule has 0 aliphatic carbocycles. The van der Waals surface area contributed by atoms with Crippen molar-refractivity contribution in [3.05, 3.63) is 29.3 Å². The molecule has 6 heteroatoms. The van der Waals surface area contributed by atoms with Crippen molar-refractivity contribution in [1.29, 1.82) is 0 Å². The van der Waals surface area contributed by atoms with E-state index in [1.165, 1.54) is 0 Å². The summed E-state index contributed by atoms with van der Waals surface area (Å²) in [4.78, 5) is 28.7. The van der Waals surface area contributed by atoms with Gasteiger partial charge in [-0.05, 0) is 62.3 Å². The Hall–Kier alpha value is -2.08. The number of nitrogens with one attached hydrogen (secondary N) is 1. The highest BCUT2D eigenvalue weighted by molar-refractivity contribution is 5.96. The molecule has 148 valence electrons. The van der Waals surface area contributed by atoms with Gasteiger partial charge in [-0.1, -0.05) is 6.92 Å². The molecule has 0 aromatic heterocycles. The maximum absolute atomic E-state index is 12.7. The second-order valence-corrected chi connectivity index (χ2v) is 7.95. The van der Waals surface area contributed by atoms with Crippen molar-refractivity contribution in [3.8, 4) is 0 Å². The van der Waals surface area contributed by atoms with Gasteiger partial charge in [-0.25, -0.2) is 4.79 Å². The van der Waals surface area contributed by atoms with E-state index in [-0.39, 0.29) is 18.0 Å². The standard InChI is InChI=1S/C21H31N3O3/c1-15-8-10-24(11-9-15)20(25)17-6-7-19(16(2)13-17)22-21(26)23(3)14-18-5-4-12-27-18/h6-7,13,15,18H,4-5,8-12,14H2,1-3H3,(H,22,26)/t18-/m0/s1. The molecule has 0 radical (unpaired) electrons. The molecule has 2 saturated heterocycles. The summed E-state index contributed by atoms with van der Waals surface area (Å²) in [5.74, 6) is 0.776. The van der Waals surface area contributed by atoms with Crippen molar-refractivity contribution in [1.82, 2.24) is 9.80 Å². The molecule has 2 aliphatic rings. The quantitative estimate of drug-likeness (QED) is 0.878. The van der Waals surface area contributed by atoms with E-state index < -0.39 is 0 Å². The highest BCUT2D eigenvalue weighted by Crippen LogP contribution is 2.22. The molecular formula is C21H31N3O3. The Kier molecular flexibility index (Phi) is 6.37. The molecule has 2 aliphatic heterocycles. The third-order valence-corrected chi connectivity index (χ3v) is 5.63. The molecule has 1 N–H and O–H groups in total. The lowest BCUT2D eigenvalue weighted by atomic mass is 9.98. The van der Waals surface area contributed by atoms with Gasteiger partial charge in [-0.2, -0.15) is 0 Å². The van der Waals surface area contributed by atoms with Crippen LogP contribution in [0, 0.1) is 12.8 Å². The number of ether oxygens (including phenoxy) is 1. The minimum absolute atomic E-state index is 0.0818. The number of hydrogen-bond donors (Lipinski definition) is 1. The molecule has 1 aromatic carbocycles. The zero-order chi connectivity index (χ0) is 19.4. The van der Waals surface area contributed by atoms with Gasteiger partial charge in [0.1, 0.15) is 0 Å².